The molecule has 0 aromatic rings. The van der Waals surface area contributed by atoms with E-state index in [1.54, 1.807) is 0 Å². The molecule has 0 unspecified atom stereocenters. The Hall–Kier alpha value is -0.353. The molecule has 0 amide bonds. The molecule has 0 spiro atoms. The third-order valence-electron chi connectivity index (χ3n) is 6.98. The van der Waals surface area contributed by atoms with Crippen LogP contribution >= 0.6 is 0 Å². The van der Waals surface area contributed by atoms with E-state index in [4.69, 9.17) is 4.74 Å². The molecule has 1 aliphatic rings. The quantitative estimate of drug-likeness (QED) is 0.149. The fraction of sp³-hybridized carbons (Fsp3) is 0.960. The molecule has 1 rings (SSSR count). The van der Waals surface area contributed by atoms with Crippen LogP contribution in [0.15, 0.2) is 0 Å². The molecule has 1 heterocycles. The molecule has 1 N–H and O–H groups in total. The van der Waals surface area contributed by atoms with Crippen molar-refractivity contribution in [2.45, 2.75) is 148 Å². The molecule has 4 heteroatoms. The van der Waals surface area contributed by atoms with E-state index in [0.717, 1.165) is 31.6 Å². The monoisotopic (exact) mass is 426 g/mol. The Morgan fingerprint density at radius 2 is 1.48 bits per heavy atom. The van der Waals surface area contributed by atoms with Crippen LogP contribution in [0.3, 0.4) is 0 Å². The Kier molecular flexibility index (Phi) is 12.1. The number of carbonyl (C=O) groups is 1. The van der Waals surface area contributed by atoms with Crippen molar-refractivity contribution in [2.24, 2.45) is 5.92 Å². The number of unbranched alkanes of at least 4 members (excludes halogenated alkanes) is 8. The van der Waals surface area contributed by atoms with Crippen molar-refractivity contribution in [3.8, 4) is 0 Å². The normalized spacial score (nSPS) is 23.2. The average molecular weight is 427 g/mol. The van der Waals surface area contributed by atoms with Crippen molar-refractivity contribution >= 4 is 14.0 Å². The first kappa shape index (κ1) is 26.7. The highest BCUT2D eigenvalue weighted by Gasteiger charge is 2.64. The SMILES string of the molecule is CCCCCCC[C@@H](O)C[C@@H]1OC(=O)[C@@]1(CCCCCCCC(C)C)[Si](C)(C)C. The Bertz CT molecular complexity index is 457. The van der Waals surface area contributed by atoms with E-state index in [0.29, 0.717) is 6.42 Å². The minimum absolute atomic E-state index is 0.0246. The van der Waals surface area contributed by atoms with Gasteiger partial charge in [0.25, 0.3) is 0 Å². The predicted molar refractivity (Wildman–Crippen MR) is 127 cm³/mol. The third-order valence-corrected chi connectivity index (χ3v) is 10.4. The average Bonchev–Trinajstić information content (AvgIpc) is 2.62. The van der Waals surface area contributed by atoms with E-state index >= 15 is 0 Å². The van der Waals surface area contributed by atoms with Crippen LogP contribution < -0.4 is 0 Å². The van der Waals surface area contributed by atoms with Crippen molar-refractivity contribution in [3.05, 3.63) is 0 Å². The van der Waals surface area contributed by atoms with Crippen LogP contribution in [0.25, 0.3) is 0 Å². The molecule has 0 bridgehead atoms. The highest BCUT2D eigenvalue weighted by atomic mass is 28.3. The summed E-state index contributed by atoms with van der Waals surface area (Å²) in [5, 5.41) is 10.3. The zero-order chi connectivity index (χ0) is 21.9. The van der Waals surface area contributed by atoms with Crippen LogP contribution in [0.5, 0.6) is 0 Å². The van der Waals surface area contributed by atoms with E-state index in [9.17, 15) is 9.90 Å². The summed E-state index contributed by atoms with van der Waals surface area (Å²) in [6.07, 6.45) is 15.7. The maximum Gasteiger partial charge on any atom is 0.313 e. The molecule has 172 valence electrons. The first-order valence-corrected chi connectivity index (χ1v) is 16.0. The maximum atomic E-state index is 12.7. The zero-order valence-electron chi connectivity index (χ0n) is 20.4. The summed E-state index contributed by atoms with van der Waals surface area (Å²) in [6.45, 7) is 13.7. The van der Waals surface area contributed by atoms with E-state index < -0.39 is 8.07 Å². The Morgan fingerprint density at radius 1 is 0.931 bits per heavy atom. The smallest absolute Gasteiger partial charge is 0.313 e. The minimum Gasteiger partial charge on any atom is -0.461 e. The molecule has 3 atom stereocenters. The van der Waals surface area contributed by atoms with Crippen LogP contribution in [-0.4, -0.2) is 31.4 Å². The van der Waals surface area contributed by atoms with E-state index in [2.05, 4.69) is 40.4 Å². The van der Waals surface area contributed by atoms with Crippen molar-refractivity contribution in [3.63, 3.8) is 0 Å². The van der Waals surface area contributed by atoms with Gasteiger partial charge in [0.05, 0.1) is 19.2 Å². The van der Waals surface area contributed by atoms with Gasteiger partial charge in [-0.1, -0.05) is 111 Å². The fourth-order valence-corrected chi connectivity index (χ4v) is 7.66. The first-order valence-electron chi connectivity index (χ1n) is 12.5. The summed E-state index contributed by atoms with van der Waals surface area (Å²) in [7, 11) is -1.74. The molecule has 3 nitrogen and oxygen atoms in total. The number of hydrogen-bond donors (Lipinski definition) is 1. The Balaban J connectivity index is 2.48. The van der Waals surface area contributed by atoms with Gasteiger partial charge in [0.2, 0.25) is 0 Å². The molecule has 0 aromatic heterocycles. The van der Waals surface area contributed by atoms with Gasteiger partial charge in [0.1, 0.15) is 6.10 Å². The Labute approximate surface area is 182 Å². The van der Waals surface area contributed by atoms with Gasteiger partial charge in [-0.3, -0.25) is 4.79 Å². The van der Waals surface area contributed by atoms with Gasteiger partial charge in [0.15, 0.2) is 0 Å². The number of carbonyl (C=O) groups excluding carboxylic acids is 1. The standard InChI is InChI=1S/C25H50O3Si/c1-7-8-9-11-15-18-22(26)20-23-25(24(27)28-23,29(4,5)6)19-16-13-10-12-14-17-21(2)3/h21-23,26H,7-20H2,1-6H3/t22-,23+,25+/m1/s1. The van der Waals surface area contributed by atoms with Crippen molar-refractivity contribution in [2.75, 3.05) is 0 Å². The lowest BCUT2D eigenvalue weighted by atomic mass is 9.85. The lowest BCUT2D eigenvalue weighted by molar-refractivity contribution is -0.186. The summed E-state index contributed by atoms with van der Waals surface area (Å²) in [4.78, 5) is 12.7. The highest BCUT2D eigenvalue weighted by Crippen LogP contribution is 2.56. The Morgan fingerprint density at radius 3 is 2.03 bits per heavy atom. The number of aliphatic hydroxyl groups excluding tert-OH is 1. The number of rotatable bonds is 17. The van der Waals surface area contributed by atoms with Gasteiger partial charge in [-0.15, -0.1) is 0 Å². The van der Waals surface area contributed by atoms with Crippen molar-refractivity contribution < 1.29 is 14.6 Å². The lowest BCUT2D eigenvalue weighted by Gasteiger charge is -2.54. The van der Waals surface area contributed by atoms with E-state index in [1.807, 2.05) is 0 Å². The van der Waals surface area contributed by atoms with Gasteiger partial charge in [0, 0.05) is 6.42 Å². The lowest BCUT2D eigenvalue weighted by Crippen LogP contribution is -2.63. The molecule has 1 fully saturated rings. The van der Waals surface area contributed by atoms with Gasteiger partial charge in [-0.25, -0.2) is 0 Å². The second-order valence-electron chi connectivity index (χ2n) is 10.9. The second-order valence-corrected chi connectivity index (χ2v) is 16.3. The van der Waals surface area contributed by atoms with E-state index in [-0.39, 0.29) is 23.2 Å². The number of cyclic esters (lactones) is 1. The molecular weight excluding hydrogens is 376 g/mol. The number of esters is 1. The molecule has 0 aliphatic carbocycles. The molecule has 1 aliphatic heterocycles. The van der Waals surface area contributed by atoms with Crippen LogP contribution in [0.4, 0.5) is 0 Å². The fourth-order valence-electron chi connectivity index (χ4n) is 4.92. The van der Waals surface area contributed by atoms with Gasteiger partial charge < -0.3 is 9.84 Å². The maximum absolute atomic E-state index is 12.7. The van der Waals surface area contributed by atoms with Crippen LogP contribution in [0, 0.1) is 5.92 Å². The van der Waals surface area contributed by atoms with Gasteiger partial charge in [-0.2, -0.15) is 0 Å². The number of ether oxygens (including phenoxy) is 1. The van der Waals surface area contributed by atoms with Gasteiger partial charge in [-0.05, 0) is 18.8 Å². The van der Waals surface area contributed by atoms with Crippen LogP contribution in [0.2, 0.25) is 24.7 Å². The highest BCUT2D eigenvalue weighted by molar-refractivity contribution is 6.83. The summed E-state index contributed by atoms with van der Waals surface area (Å²) < 4.78 is 5.65. The van der Waals surface area contributed by atoms with E-state index in [1.165, 1.54) is 57.8 Å². The predicted octanol–water partition coefficient (Wildman–Crippen LogP) is 7.49. The topological polar surface area (TPSA) is 46.5 Å². The minimum atomic E-state index is -1.74. The molecule has 1 saturated heterocycles. The largest absolute Gasteiger partial charge is 0.461 e. The number of aliphatic hydroxyl groups is 1. The molecular formula is C25H50O3Si. The van der Waals surface area contributed by atoms with Crippen molar-refractivity contribution in [1.82, 2.24) is 0 Å². The first-order chi connectivity index (χ1) is 13.6. The third kappa shape index (κ3) is 8.36. The zero-order valence-corrected chi connectivity index (χ0v) is 21.4. The van der Waals surface area contributed by atoms with Crippen LogP contribution in [0.1, 0.15) is 111 Å². The van der Waals surface area contributed by atoms with Crippen molar-refractivity contribution in [1.29, 1.82) is 0 Å². The summed E-state index contributed by atoms with van der Waals surface area (Å²) in [5.74, 6) is 0.824. The summed E-state index contributed by atoms with van der Waals surface area (Å²) in [6, 6.07) is 0. The molecule has 0 radical (unpaired) electrons. The summed E-state index contributed by atoms with van der Waals surface area (Å²) in [5.41, 5.74) is 0. The summed E-state index contributed by atoms with van der Waals surface area (Å²) >= 11 is 0. The second kappa shape index (κ2) is 13.1. The van der Waals surface area contributed by atoms with Gasteiger partial charge >= 0.3 is 5.97 Å². The van der Waals surface area contributed by atoms with Crippen LogP contribution in [-0.2, 0) is 9.53 Å². The number of hydrogen-bond acceptors (Lipinski definition) is 3. The molecule has 29 heavy (non-hydrogen) atoms. The molecule has 0 saturated carbocycles. The molecule has 0 aromatic carbocycles.